The minimum Gasteiger partial charge on any atom is -0.342 e. The van der Waals surface area contributed by atoms with Gasteiger partial charge < -0.3 is 9.47 Å². The van der Waals surface area contributed by atoms with Gasteiger partial charge >= 0.3 is 0 Å². The third kappa shape index (κ3) is 4.88. The second-order valence-corrected chi connectivity index (χ2v) is 8.86. The van der Waals surface area contributed by atoms with Gasteiger partial charge in [-0.25, -0.2) is 0 Å². The summed E-state index contributed by atoms with van der Waals surface area (Å²) in [5, 5.41) is 0.698. The maximum absolute atomic E-state index is 13.0. The lowest BCUT2D eigenvalue weighted by Crippen LogP contribution is -2.33. The van der Waals surface area contributed by atoms with Crippen LogP contribution in [-0.2, 0) is 22.6 Å². The minimum atomic E-state index is -0.267. The molecule has 33 heavy (non-hydrogen) atoms. The first-order valence-corrected chi connectivity index (χ1v) is 12.0. The summed E-state index contributed by atoms with van der Waals surface area (Å²) < 4.78 is 1.92. The Morgan fingerprint density at radius 3 is 2.42 bits per heavy atom. The number of hydrogen-bond donors (Lipinski definition) is 0. The van der Waals surface area contributed by atoms with Crippen LogP contribution in [0.4, 0.5) is 4.79 Å². The van der Waals surface area contributed by atoms with Crippen molar-refractivity contribution in [3.05, 3.63) is 76.8 Å². The molecule has 1 fully saturated rings. The van der Waals surface area contributed by atoms with Crippen molar-refractivity contribution < 1.29 is 14.4 Å². The molecule has 0 spiro atoms. The number of aromatic nitrogens is 1. The molecule has 0 bridgehead atoms. The van der Waals surface area contributed by atoms with Gasteiger partial charge in [0.15, 0.2) is 0 Å². The molecule has 0 aliphatic carbocycles. The monoisotopic (exact) mass is 461 g/mol. The number of rotatable bonds is 8. The number of benzene rings is 2. The van der Waals surface area contributed by atoms with Gasteiger partial charge in [0.25, 0.3) is 11.1 Å². The summed E-state index contributed by atoms with van der Waals surface area (Å²) >= 11 is 0.970. The maximum atomic E-state index is 13.0. The first kappa shape index (κ1) is 22.9. The Morgan fingerprint density at radius 2 is 1.70 bits per heavy atom. The van der Waals surface area contributed by atoms with Crippen LogP contribution in [0.25, 0.3) is 17.0 Å². The largest absolute Gasteiger partial charge is 0.342 e. The van der Waals surface area contributed by atoms with Crippen molar-refractivity contribution in [3.63, 3.8) is 0 Å². The fourth-order valence-electron chi connectivity index (χ4n) is 4.06. The van der Waals surface area contributed by atoms with Crippen LogP contribution in [0.5, 0.6) is 0 Å². The summed E-state index contributed by atoms with van der Waals surface area (Å²) in [6.07, 6.45) is 4.29. The highest BCUT2D eigenvalue weighted by Crippen LogP contribution is 2.34. The van der Waals surface area contributed by atoms with Crippen molar-refractivity contribution in [3.8, 4) is 0 Å². The van der Waals surface area contributed by atoms with Crippen molar-refractivity contribution in [2.75, 3.05) is 19.6 Å². The highest BCUT2D eigenvalue weighted by atomic mass is 32.2. The zero-order valence-electron chi connectivity index (χ0n) is 18.9. The van der Waals surface area contributed by atoms with Gasteiger partial charge in [0.2, 0.25) is 5.91 Å². The molecule has 0 saturated carbocycles. The van der Waals surface area contributed by atoms with Crippen molar-refractivity contribution in [1.29, 1.82) is 0 Å². The van der Waals surface area contributed by atoms with E-state index in [2.05, 4.69) is 0 Å². The van der Waals surface area contributed by atoms with E-state index in [9.17, 15) is 14.4 Å². The van der Waals surface area contributed by atoms with E-state index in [0.29, 0.717) is 31.0 Å². The molecular formula is C26H27N3O3S. The Labute approximate surface area is 197 Å². The van der Waals surface area contributed by atoms with Crippen molar-refractivity contribution in [1.82, 2.24) is 14.4 Å². The van der Waals surface area contributed by atoms with Gasteiger partial charge in [-0.3, -0.25) is 19.3 Å². The van der Waals surface area contributed by atoms with Gasteiger partial charge in [-0.1, -0.05) is 48.5 Å². The summed E-state index contributed by atoms with van der Waals surface area (Å²) in [5.74, 6) is -0.217. The number of fused-ring (bicyclic) bond motifs is 1. The average molecular weight is 462 g/mol. The molecule has 1 saturated heterocycles. The van der Waals surface area contributed by atoms with Crippen LogP contribution < -0.4 is 0 Å². The van der Waals surface area contributed by atoms with Crippen molar-refractivity contribution in [2.24, 2.45) is 0 Å². The molecular weight excluding hydrogens is 434 g/mol. The molecule has 2 heterocycles. The SMILES string of the molecule is CCN(CC)C(=O)Cn1cc(/C=C2\SC(=O)N(CCc3ccccc3)C2=O)c2ccccc21. The van der Waals surface area contributed by atoms with E-state index in [-0.39, 0.29) is 23.6 Å². The molecule has 0 unspecified atom stereocenters. The van der Waals surface area contributed by atoms with Gasteiger partial charge in [0.1, 0.15) is 6.54 Å². The molecule has 170 valence electrons. The summed E-state index contributed by atoms with van der Waals surface area (Å²) in [7, 11) is 0. The van der Waals surface area contributed by atoms with Crippen LogP contribution in [0.2, 0.25) is 0 Å². The molecule has 7 heteroatoms. The molecule has 6 nitrogen and oxygen atoms in total. The zero-order chi connectivity index (χ0) is 23.4. The Balaban J connectivity index is 1.58. The second-order valence-electron chi connectivity index (χ2n) is 7.86. The number of likely N-dealkylation sites (N-methyl/N-ethyl adjacent to an activating group) is 1. The summed E-state index contributed by atoms with van der Waals surface area (Å²) in [5.41, 5.74) is 2.83. The third-order valence-electron chi connectivity index (χ3n) is 5.87. The van der Waals surface area contributed by atoms with Crippen LogP contribution >= 0.6 is 11.8 Å². The van der Waals surface area contributed by atoms with Crippen LogP contribution in [0.1, 0.15) is 25.0 Å². The quantitative estimate of drug-likeness (QED) is 0.453. The number of thioether (sulfide) groups is 1. The molecule has 4 rings (SSSR count). The van der Waals surface area contributed by atoms with Crippen LogP contribution in [0, 0.1) is 0 Å². The summed E-state index contributed by atoms with van der Waals surface area (Å²) in [4.78, 5) is 41.7. The van der Waals surface area contributed by atoms with Gasteiger partial charge in [-0.15, -0.1) is 0 Å². The van der Waals surface area contributed by atoms with Gasteiger partial charge in [0.05, 0.1) is 4.91 Å². The highest BCUT2D eigenvalue weighted by molar-refractivity contribution is 8.18. The smallest absolute Gasteiger partial charge is 0.293 e. The normalized spacial score (nSPS) is 15.1. The highest BCUT2D eigenvalue weighted by Gasteiger charge is 2.34. The lowest BCUT2D eigenvalue weighted by atomic mass is 10.1. The number of amides is 3. The maximum Gasteiger partial charge on any atom is 0.293 e. The Hall–Kier alpha value is -3.32. The first-order valence-electron chi connectivity index (χ1n) is 11.2. The fourth-order valence-corrected chi connectivity index (χ4v) is 4.92. The molecule has 0 atom stereocenters. The molecule has 1 aliphatic heterocycles. The number of carbonyl (C=O) groups excluding carboxylic acids is 3. The Kier molecular flexibility index (Phi) is 6.99. The van der Waals surface area contributed by atoms with Crippen LogP contribution in [0.3, 0.4) is 0 Å². The Morgan fingerprint density at radius 1 is 1.00 bits per heavy atom. The molecule has 0 N–H and O–H groups in total. The van der Waals surface area contributed by atoms with E-state index in [0.717, 1.165) is 33.8 Å². The molecule has 3 aromatic rings. The minimum absolute atomic E-state index is 0.0496. The predicted molar refractivity (Wildman–Crippen MR) is 133 cm³/mol. The van der Waals surface area contributed by atoms with E-state index in [1.54, 1.807) is 11.0 Å². The lowest BCUT2D eigenvalue weighted by Gasteiger charge is -2.19. The average Bonchev–Trinajstić information content (AvgIpc) is 3.30. The van der Waals surface area contributed by atoms with E-state index in [1.807, 2.05) is 79.2 Å². The number of hydrogen-bond acceptors (Lipinski definition) is 4. The number of para-hydroxylation sites is 1. The van der Waals surface area contributed by atoms with Crippen molar-refractivity contribution >= 4 is 45.8 Å². The van der Waals surface area contributed by atoms with E-state index >= 15 is 0 Å². The number of imide groups is 1. The lowest BCUT2D eigenvalue weighted by molar-refractivity contribution is -0.131. The Bertz CT molecular complexity index is 1210. The van der Waals surface area contributed by atoms with Crippen LogP contribution in [0.15, 0.2) is 65.7 Å². The molecule has 1 aromatic heterocycles. The van der Waals surface area contributed by atoms with E-state index in [4.69, 9.17) is 0 Å². The second kappa shape index (κ2) is 10.1. The number of carbonyl (C=O) groups is 3. The van der Waals surface area contributed by atoms with Gasteiger partial charge in [0, 0.05) is 42.3 Å². The zero-order valence-corrected chi connectivity index (χ0v) is 19.7. The molecule has 1 aliphatic rings. The van der Waals surface area contributed by atoms with Crippen molar-refractivity contribution in [2.45, 2.75) is 26.8 Å². The summed E-state index contributed by atoms with van der Waals surface area (Å²) in [6.45, 7) is 5.85. The standard InChI is InChI=1S/C26H27N3O3S/c1-3-27(4-2)24(30)18-28-17-20(21-12-8-9-13-22(21)28)16-23-25(31)29(26(32)33-23)15-14-19-10-6-5-7-11-19/h5-13,16-17H,3-4,14-15,18H2,1-2H3/b23-16-. The number of nitrogens with zero attached hydrogens (tertiary/aromatic N) is 3. The van der Waals surface area contributed by atoms with Gasteiger partial charge in [-0.2, -0.15) is 0 Å². The predicted octanol–water partition coefficient (Wildman–Crippen LogP) is 4.79. The molecule has 0 radical (unpaired) electrons. The topological polar surface area (TPSA) is 62.6 Å². The summed E-state index contributed by atoms with van der Waals surface area (Å²) in [6, 6.07) is 17.6. The fraction of sp³-hybridized carbons (Fsp3) is 0.269. The molecule has 3 amide bonds. The van der Waals surface area contributed by atoms with E-state index < -0.39 is 0 Å². The van der Waals surface area contributed by atoms with Gasteiger partial charge in [-0.05, 0) is 49.7 Å². The van der Waals surface area contributed by atoms with Crippen LogP contribution in [-0.4, -0.2) is 51.1 Å². The van der Waals surface area contributed by atoms with E-state index in [1.165, 1.54) is 4.90 Å². The first-order chi connectivity index (χ1) is 16.0. The third-order valence-corrected chi connectivity index (χ3v) is 6.78. The molecule has 2 aromatic carbocycles.